The monoisotopic (exact) mass is 430 g/mol. The van der Waals surface area contributed by atoms with Gasteiger partial charge in [-0.25, -0.2) is 9.97 Å². The highest BCUT2D eigenvalue weighted by Crippen LogP contribution is 2.35. The van der Waals surface area contributed by atoms with E-state index in [0.717, 1.165) is 59.0 Å². The number of methoxy groups -OCH3 is 1. The molecule has 7 nitrogen and oxygen atoms in total. The van der Waals surface area contributed by atoms with Gasteiger partial charge < -0.3 is 14.5 Å². The highest BCUT2D eigenvalue weighted by Gasteiger charge is 2.19. The molecular formula is C20H23ClN6OS. The normalized spacial score (nSPS) is 14.8. The first kappa shape index (κ1) is 19.9. The van der Waals surface area contributed by atoms with Crippen molar-refractivity contribution in [3.8, 4) is 16.2 Å². The molecule has 1 fully saturated rings. The second-order valence-electron chi connectivity index (χ2n) is 6.94. The molecule has 0 radical (unpaired) electrons. The fraction of sp³-hybridized carbons (Fsp3) is 0.350. The zero-order valence-corrected chi connectivity index (χ0v) is 18.2. The number of aromatic nitrogens is 3. The quantitative estimate of drug-likeness (QED) is 0.654. The molecule has 1 N–H and O–H groups in total. The topological polar surface area (TPSA) is 66.4 Å². The van der Waals surface area contributed by atoms with Crippen LogP contribution >= 0.6 is 22.9 Å². The highest BCUT2D eigenvalue weighted by molar-refractivity contribution is 7.19. The Bertz CT molecular complexity index is 985. The van der Waals surface area contributed by atoms with Gasteiger partial charge in [-0.2, -0.15) is 4.98 Å². The van der Waals surface area contributed by atoms with Gasteiger partial charge in [0.15, 0.2) is 10.9 Å². The average molecular weight is 431 g/mol. The van der Waals surface area contributed by atoms with Crippen molar-refractivity contribution in [2.75, 3.05) is 50.6 Å². The number of benzene rings is 1. The molecule has 0 unspecified atom stereocenters. The minimum Gasteiger partial charge on any atom is -0.497 e. The Morgan fingerprint density at radius 1 is 1.10 bits per heavy atom. The summed E-state index contributed by atoms with van der Waals surface area (Å²) in [7, 11) is 3.79. The molecule has 0 atom stereocenters. The predicted molar refractivity (Wildman–Crippen MR) is 119 cm³/mol. The third kappa shape index (κ3) is 4.44. The summed E-state index contributed by atoms with van der Waals surface area (Å²) < 4.78 is 5.24. The van der Waals surface area contributed by atoms with Gasteiger partial charge in [0.2, 0.25) is 5.95 Å². The van der Waals surface area contributed by atoms with Gasteiger partial charge >= 0.3 is 0 Å². The number of nitrogens with zero attached hydrogens (tertiary/aromatic N) is 5. The lowest BCUT2D eigenvalue weighted by atomic mass is 10.1. The van der Waals surface area contributed by atoms with E-state index in [9.17, 15) is 0 Å². The average Bonchev–Trinajstić information content (AvgIpc) is 3.10. The Morgan fingerprint density at radius 3 is 2.52 bits per heavy atom. The Balaban J connectivity index is 1.54. The van der Waals surface area contributed by atoms with Gasteiger partial charge in [0, 0.05) is 26.2 Å². The third-order valence-corrected chi connectivity index (χ3v) is 6.28. The van der Waals surface area contributed by atoms with E-state index >= 15 is 0 Å². The van der Waals surface area contributed by atoms with Gasteiger partial charge in [-0.3, -0.25) is 5.32 Å². The molecule has 0 bridgehead atoms. The van der Waals surface area contributed by atoms with Crippen LogP contribution in [0.1, 0.15) is 5.69 Å². The molecule has 1 aromatic carbocycles. The second-order valence-corrected chi connectivity index (χ2v) is 8.35. The van der Waals surface area contributed by atoms with E-state index in [-0.39, 0.29) is 0 Å². The molecule has 1 saturated heterocycles. The Labute approximate surface area is 179 Å². The van der Waals surface area contributed by atoms with Gasteiger partial charge in [0.25, 0.3) is 0 Å². The van der Waals surface area contributed by atoms with Gasteiger partial charge in [-0.05, 0) is 43.8 Å². The maximum Gasteiger partial charge on any atom is 0.231 e. The van der Waals surface area contributed by atoms with E-state index in [4.69, 9.17) is 16.3 Å². The predicted octanol–water partition coefficient (Wildman–Crippen LogP) is 4.07. The van der Waals surface area contributed by atoms with E-state index < -0.39 is 0 Å². The van der Waals surface area contributed by atoms with E-state index in [1.807, 2.05) is 31.2 Å². The number of rotatable bonds is 5. The first-order valence-corrected chi connectivity index (χ1v) is 10.6. The van der Waals surface area contributed by atoms with Crippen LogP contribution in [0.4, 0.5) is 16.9 Å². The van der Waals surface area contributed by atoms with Crippen LogP contribution in [0.2, 0.25) is 5.02 Å². The van der Waals surface area contributed by atoms with Gasteiger partial charge in [0.05, 0.1) is 23.9 Å². The van der Waals surface area contributed by atoms with Crippen molar-refractivity contribution in [1.29, 1.82) is 0 Å². The van der Waals surface area contributed by atoms with Crippen molar-refractivity contribution < 1.29 is 4.74 Å². The summed E-state index contributed by atoms with van der Waals surface area (Å²) in [6.07, 6.45) is 1.65. The minimum atomic E-state index is 0.498. The summed E-state index contributed by atoms with van der Waals surface area (Å²) in [5.41, 5.74) is 2.06. The zero-order chi connectivity index (χ0) is 20.4. The van der Waals surface area contributed by atoms with Crippen molar-refractivity contribution in [3.05, 3.63) is 41.2 Å². The van der Waals surface area contributed by atoms with Crippen LogP contribution in [0.25, 0.3) is 10.4 Å². The van der Waals surface area contributed by atoms with E-state index in [2.05, 4.69) is 37.1 Å². The number of nitrogens with one attached hydrogen (secondary N) is 1. The van der Waals surface area contributed by atoms with Gasteiger partial charge in [-0.15, -0.1) is 0 Å². The molecule has 2 aromatic heterocycles. The van der Waals surface area contributed by atoms with Crippen molar-refractivity contribution >= 4 is 39.8 Å². The summed E-state index contributed by atoms with van der Waals surface area (Å²) in [5.74, 6) is 2.10. The molecule has 29 heavy (non-hydrogen) atoms. The van der Waals surface area contributed by atoms with Crippen LogP contribution in [0.5, 0.6) is 5.75 Å². The fourth-order valence-electron chi connectivity index (χ4n) is 3.21. The Hall–Kier alpha value is -2.42. The number of ether oxygens (including phenoxy) is 1. The number of thiazole rings is 1. The molecule has 3 aromatic rings. The van der Waals surface area contributed by atoms with Crippen LogP contribution in [0.15, 0.2) is 30.5 Å². The van der Waals surface area contributed by atoms with Crippen LogP contribution in [0, 0.1) is 6.92 Å². The molecule has 0 aliphatic carbocycles. The lowest BCUT2D eigenvalue weighted by Gasteiger charge is -2.33. The maximum absolute atomic E-state index is 6.37. The summed E-state index contributed by atoms with van der Waals surface area (Å²) in [5, 5.41) is 4.55. The van der Waals surface area contributed by atoms with Crippen LogP contribution in [-0.2, 0) is 0 Å². The lowest BCUT2D eigenvalue weighted by Crippen LogP contribution is -2.45. The van der Waals surface area contributed by atoms with Crippen LogP contribution < -0.4 is 15.0 Å². The van der Waals surface area contributed by atoms with E-state index in [0.29, 0.717) is 11.0 Å². The van der Waals surface area contributed by atoms with Gasteiger partial charge in [0.1, 0.15) is 10.8 Å². The molecule has 0 saturated carbocycles. The Morgan fingerprint density at radius 2 is 1.83 bits per heavy atom. The minimum absolute atomic E-state index is 0.498. The molecule has 1 aliphatic heterocycles. The summed E-state index contributed by atoms with van der Waals surface area (Å²) in [6.45, 7) is 5.76. The molecule has 3 heterocycles. The molecule has 0 amide bonds. The van der Waals surface area contributed by atoms with E-state index in [1.165, 1.54) is 0 Å². The van der Waals surface area contributed by atoms with Crippen molar-refractivity contribution in [2.24, 2.45) is 0 Å². The number of anilines is 3. The zero-order valence-electron chi connectivity index (χ0n) is 16.6. The number of hydrogen-bond donors (Lipinski definition) is 1. The number of halogens is 1. The first-order chi connectivity index (χ1) is 14.0. The van der Waals surface area contributed by atoms with Crippen molar-refractivity contribution in [1.82, 2.24) is 19.9 Å². The number of aryl methyl sites for hydroxylation is 1. The SMILES string of the molecule is COc1ccc(-c2sc(Nc3ncc(Cl)c(N4CCN(C)CC4)n3)nc2C)cc1. The molecule has 152 valence electrons. The third-order valence-electron chi connectivity index (χ3n) is 4.90. The smallest absolute Gasteiger partial charge is 0.231 e. The number of likely N-dealkylation sites (N-methyl/N-ethyl adjacent to an activating group) is 1. The number of piperazine rings is 1. The molecule has 0 spiro atoms. The number of hydrogen-bond acceptors (Lipinski definition) is 8. The van der Waals surface area contributed by atoms with Crippen molar-refractivity contribution in [3.63, 3.8) is 0 Å². The molecule has 9 heteroatoms. The summed E-state index contributed by atoms with van der Waals surface area (Å²) >= 11 is 7.94. The maximum atomic E-state index is 6.37. The summed E-state index contributed by atoms with van der Waals surface area (Å²) in [4.78, 5) is 19.2. The Kier molecular flexibility index (Phi) is 5.84. The first-order valence-electron chi connectivity index (χ1n) is 9.38. The highest BCUT2D eigenvalue weighted by atomic mass is 35.5. The van der Waals surface area contributed by atoms with Crippen molar-refractivity contribution in [2.45, 2.75) is 6.92 Å². The largest absolute Gasteiger partial charge is 0.497 e. The second kappa shape index (κ2) is 8.52. The molecule has 1 aliphatic rings. The van der Waals surface area contributed by atoms with Crippen LogP contribution in [0.3, 0.4) is 0 Å². The summed E-state index contributed by atoms with van der Waals surface area (Å²) in [6, 6.07) is 7.97. The standard InChI is InChI=1S/C20H23ClN6OS/c1-13-17(14-4-6-15(28-3)7-5-14)29-20(23-13)25-19-22-12-16(21)18(24-19)27-10-8-26(2)9-11-27/h4-7,12H,8-11H2,1-3H3,(H,22,23,24,25). The fourth-order valence-corrected chi connectivity index (χ4v) is 4.39. The van der Waals surface area contributed by atoms with E-state index in [1.54, 1.807) is 24.6 Å². The molecule has 4 rings (SSSR count). The lowest BCUT2D eigenvalue weighted by molar-refractivity contribution is 0.312. The van der Waals surface area contributed by atoms with Crippen LogP contribution in [-0.4, -0.2) is 60.2 Å². The molecular weight excluding hydrogens is 408 g/mol. The van der Waals surface area contributed by atoms with Gasteiger partial charge in [-0.1, -0.05) is 22.9 Å².